The van der Waals surface area contributed by atoms with Gasteiger partial charge < -0.3 is 15.8 Å². The number of amides is 1. The summed E-state index contributed by atoms with van der Waals surface area (Å²) in [6.07, 6.45) is 1.11. The first-order chi connectivity index (χ1) is 11.5. The fourth-order valence-corrected chi connectivity index (χ4v) is 2.92. The van der Waals surface area contributed by atoms with Gasteiger partial charge in [0.25, 0.3) is 0 Å². The Morgan fingerprint density at radius 1 is 1.31 bits per heavy atom. The maximum absolute atomic E-state index is 13.3. The van der Waals surface area contributed by atoms with Gasteiger partial charge in [-0.05, 0) is 25.0 Å². The maximum atomic E-state index is 13.3. The van der Waals surface area contributed by atoms with Crippen LogP contribution in [0.1, 0.15) is 25.2 Å². The van der Waals surface area contributed by atoms with Crippen LogP contribution in [-0.4, -0.2) is 40.8 Å². The molecule has 0 aliphatic carbocycles. The third-order valence-electron chi connectivity index (χ3n) is 4.34. The van der Waals surface area contributed by atoms with Gasteiger partial charge in [-0.3, -0.25) is 9.36 Å². The number of aromatic nitrogens is 2. The van der Waals surface area contributed by atoms with E-state index in [1.54, 1.807) is 24.3 Å². The smallest absolute Gasteiger partial charge is 0.320 e. The summed E-state index contributed by atoms with van der Waals surface area (Å²) < 4.78 is 32.8. The molecular weight excluding hydrogens is 389 g/mol. The normalized spacial score (nSPS) is 16.0. The van der Waals surface area contributed by atoms with Crippen LogP contribution in [0.15, 0.2) is 24.3 Å². The summed E-state index contributed by atoms with van der Waals surface area (Å²) in [5.41, 5.74) is 6.04. The molecule has 6 nitrogen and oxygen atoms in total. The summed E-state index contributed by atoms with van der Waals surface area (Å²) in [5, 5.41) is 2.73. The number of hydrogen-bond acceptors (Lipinski definition) is 4. The largest absolute Gasteiger partial charge is 0.381 e. The Bertz CT molecular complexity index is 736. The van der Waals surface area contributed by atoms with Gasteiger partial charge in [0.1, 0.15) is 5.82 Å². The van der Waals surface area contributed by atoms with Crippen molar-refractivity contribution in [2.45, 2.75) is 31.4 Å². The number of halogens is 4. The first-order valence-corrected chi connectivity index (χ1v) is 7.90. The van der Waals surface area contributed by atoms with Crippen LogP contribution in [0.2, 0.25) is 0 Å². The molecule has 0 saturated carbocycles. The summed E-state index contributed by atoms with van der Waals surface area (Å²) in [5.74, 6) is -0.0324. The minimum absolute atomic E-state index is 0. The number of carbonyl (C=O) groups is 1. The van der Waals surface area contributed by atoms with Crippen LogP contribution in [0.3, 0.4) is 0 Å². The highest BCUT2D eigenvalue weighted by molar-refractivity contribution is 5.86. The van der Waals surface area contributed by atoms with Crippen molar-refractivity contribution >= 4 is 41.8 Å². The van der Waals surface area contributed by atoms with Crippen LogP contribution in [0.25, 0.3) is 11.0 Å². The zero-order valence-electron chi connectivity index (χ0n) is 14.0. The third-order valence-corrected chi connectivity index (χ3v) is 4.34. The number of rotatable bonds is 5. The van der Waals surface area contributed by atoms with Gasteiger partial charge in [-0.25, -0.2) is 4.98 Å². The number of nitrogens with zero attached hydrogens (tertiary/aromatic N) is 2. The molecule has 3 N–H and O–H groups in total. The molecule has 1 aromatic carbocycles. The number of alkyl halides is 2. The molecule has 0 spiro atoms. The van der Waals surface area contributed by atoms with Gasteiger partial charge in [-0.2, -0.15) is 8.78 Å². The quantitative estimate of drug-likeness (QED) is 0.792. The molecule has 1 saturated heterocycles. The SMILES string of the molecule is Cl.Cl.NC1(C(=O)NCCc2nc3ccccc3n2C(F)F)CCOCC1. The van der Waals surface area contributed by atoms with Crippen molar-refractivity contribution in [3.63, 3.8) is 0 Å². The lowest BCUT2D eigenvalue weighted by Crippen LogP contribution is -2.57. The molecule has 10 heteroatoms. The number of carbonyl (C=O) groups excluding carboxylic acids is 1. The number of nitrogens with one attached hydrogen (secondary N) is 1. The molecule has 0 atom stereocenters. The highest BCUT2D eigenvalue weighted by Crippen LogP contribution is 2.23. The molecular formula is C16H22Cl2F2N4O2. The lowest BCUT2D eigenvalue weighted by atomic mass is 9.90. The van der Waals surface area contributed by atoms with Gasteiger partial charge >= 0.3 is 6.55 Å². The zero-order chi connectivity index (χ0) is 17.2. The Labute approximate surface area is 162 Å². The van der Waals surface area contributed by atoms with E-state index in [1.807, 2.05) is 0 Å². The lowest BCUT2D eigenvalue weighted by Gasteiger charge is -2.31. The average Bonchev–Trinajstić information content (AvgIpc) is 2.93. The average molecular weight is 411 g/mol. The molecule has 0 radical (unpaired) electrons. The lowest BCUT2D eigenvalue weighted by molar-refractivity contribution is -0.129. The zero-order valence-corrected chi connectivity index (χ0v) is 15.6. The van der Waals surface area contributed by atoms with Gasteiger partial charge in [0.2, 0.25) is 5.91 Å². The van der Waals surface area contributed by atoms with Crippen LogP contribution in [0, 0.1) is 0 Å². The Morgan fingerprint density at radius 2 is 1.96 bits per heavy atom. The molecule has 3 rings (SSSR count). The summed E-state index contributed by atoms with van der Waals surface area (Å²) >= 11 is 0. The standard InChI is InChI=1S/C16H20F2N4O2.2ClH/c17-15(18)22-12-4-2-1-3-11(12)21-13(22)5-8-20-14(23)16(19)6-9-24-10-7-16;;/h1-4,15H,5-10,19H2,(H,20,23);2*1H. The van der Waals surface area contributed by atoms with Crippen LogP contribution in [-0.2, 0) is 16.0 Å². The van der Waals surface area contributed by atoms with Gasteiger partial charge in [0.15, 0.2) is 0 Å². The number of fused-ring (bicyclic) bond motifs is 1. The maximum Gasteiger partial charge on any atom is 0.320 e. The molecule has 1 fully saturated rings. The van der Waals surface area contributed by atoms with E-state index in [1.165, 1.54) is 0 Å². The summed E-state index contributed by atoms with van der Waals surface area (Å²) in [6, 6.07) is 6.73. The molecule has 146 valence electrons. The van der Waals surface area contributed by atoms with Crippen molar-refractivity contribution < 1.29 is 18.3 Å². The Hall–Kier alpha value is -1.48. The van der Waals surface area contributed by atoms with Crippen LogP contribution in [0.4, 0.5) is 8.78 Å². The Balaban J connectivity index is 0.00000169. The Morgan fingerprint density at radius 3 is 2.62 bits per heavy atom. The van der Waals surface area contributed by atoms with Crippen molar-refractivity contribution in [2.75, 3.05) is 19.8 Å². The van der Waals surface area contributed by atoms with Gasteiger partial charge in [-0.1, -0.05) is 12.1 Å². The summed E-state index contributed by atoms with van der Waals surface area (Å²) in [4.78, 5) is 16.5. The summed E-state index contributed by atoms with van der Waals surface area (Å²) in [6.45, 7) is -1.58. The van der Waals surface area contributed by atoms with Crippen LogP contribution < -0.4 is 11.1 Å². The highest BCUT2D eigenvalue weighted by atomic mass is 35.5. The molecule has 1 aliphatic heterocycles. The molecule has 1 aromatic heterocycles. The van der Waals surface area contributed by atoms with Crippen molar-refractivity contribution in [1.29, 1.82) is 0 Å². The van der Waals surface area contributed by atoms with E-state index in [0.717, 1.165) is 4.57 Å². The van der Waals surface area contributed by atoms with Gasteiger partial charge in [0, 0.05) is 26.2 Å². The van der Waals surface area contributed by atoms with Crippen LogP contribution >= 0.6 is 24.8 Å². The first-order valence-electron chi connectivity index (χ1n) is 7.90. The van der Waals surface area contributed by atoms with Gasteiger partial charge in [0.05, 0.1) is 16.6 Å². The number of imidazole rings is 1. The second-order valence-electron chi connectivity index (χ2n) is 5.94. The summed E-state index contributed by atoms with van der Waals surface area (Å²) in [7, 11) is 0. The number of nitrogens with two attached hydrogens (primary N) is 1. The van der Waals surface area contributed by atoms with E-state index < -0.39 is 12.1 Å². The fraction of sp³-hybridized carbons (Fsp3) is 0.500. The number of hydrogen-bond donors (Lipinski definition) is 2. The van der Waals surface area contributed by atoms with Crippen molar-refractivity contribution in [3.05, 3.63) is 30.1 Å². The Kier molecular flexibility index (Phi) is 8.20. The molecule has 0 unspecified atom stereocenters. The van der Waals surface area contributed by atoms with E-state index in [-0.39, 0.29) is 49.5 Å². The predicted molar refractivity (Wildman–Crippen MR) is 99.2 cm³/mol. The predicted octanol–water partition coefficient (Wildman–Crippen LogP) is 2.44. The van der Waals surface area contributed by atoms with E-state index in [9.17, 15) is 13.6 Å². The third kappa shape index (κ3) is 4.62. The van der Waals surface area contributed by atoms with Crippen molar-refractivity contribution in [1.82, 2.24) is 14.9 Å². The van der Waals surface area contributed by atoms with Gasteiger partial charge in [-0.15, -0.1) is 24.8 Å². The molecule has 2 heterocycles. The molecule has 1 amide bonds. The number of benzene rings is 1. The molecule has 0 bridgehead atoms. The monoisotopic (exact) mass is 410 g/mol. The minimum Gasteiger partial charge on any atom is -0.381 e. The second-order valence-corrected chi connectivity index (χ2v) is 5.94. The van der Waals surface area contributed by atoms with Crippen molar-refractivity contribution in [2.24, 2.45) is 5.73 Å². The minimum atomic E-state index is -2.68. The topological polar surface area (TPSA) is 82.2 Å². The molecule has 2 aromatic rings. The van der Waals surface area contributed by atoms with E-state index in [4.69, 9.17) is 10.5 Å². The molecule has 26 heavy (non-hydrogen) atoms. The number of ether oxygens (including phenoxy) is 1. The van der Waals surface area contributed by atoms with E-state index in [0.29, 0.717) is 37.1 Å². The first kappa shape index (κ1) is 22.6. The van der Waals surface area contributed by atoms with Crippen molar-refractivity contribution in [3.8, 4) is 0 Å². The second kappa shape index (κ2) is 9.45. The fourth-order valence-electron chi connectivity index (χ4n) is 2.92. The van der Waals surface area contributed by atoms with E-state index in [2.05, 4.69) is 10.3 Å². The highest BCUT2D eigenvalue weighted by Gasteiger charge is 2.35. The molecule has 1 aliphatic rings. The van der Waals surface area contributed by atoms with E-state index >= 15 is 0 Å². The van der Waals surface area contributed by atoms with Crippen LogP contribution in [0.5, 0.6) is 0 Å². The number of para-hydroxylation sites is 2.